The van der Waals surface area contributed by atoms with Gasteiger partial charge in [0.2, 0.25) is 5.95 Å². The van der Waals surface area contributed by atoms with Crippen LogP contribution in [-0.4, -0.2) is 35.7 Å². The summed E-state index contributed by atoms with van der Waals surface area (Å²) in [5, 5.41) is 3.86. The smallest absolute Gasteiger partial charge is 0.227 e. The molecule has 0 spiro atoms. The first-order valence-corrected chi connectivity index (χ1v) is 8.57. The molecule has 0 aliphatic rings. The lowest BCUT2D eigenvalue weighted by atomic mass is 10.2. The van der Waals surface area contributed by atoms with Gasteiger partial charge in [-0.3, -0.25) is 4.98 Å². The lowest BCUT2D eigenvalue weighted by Gasteiger charge is -2.18. The fraction of sp³-hybridized carbons (Fsp3) is 0.211. The van der Waals surface area contributed by atoms with Crippen LogP contribution < -0.4 is 15.0 Å². The minimum Gasteiger partial charge on any atom is -0.495 e. The number of halogens is 1. The van der Waals surface area contributed by atoms with E-state index in [1.165, 1.54) is 5.56 Å². The number of aromatic nitrogens is 3. The lowest BCUT2D eigenvalue weighted by molar-refractivity contribution is 0.417. The summed E-state index contributed by atoms with van der Waals surface area (Å²) in [4.78, 5) is 15.0. The third-order valence-electron chi connectivity index (χ3n) is 3.89. The first-order chi connectivity index (χ1) is 12.7. The van der Waals surface area contributed by atoms with Gasteiger partial charge in [-0.05, 0) is 48.4 Å². The van der Waals surface area contributed by atoms with Crippen LogP contribution in [-0.2, 0) is 6.42 Å². The van der Waals surface area contributed by atoms with Gasteiger partial charge >= 0.3 is 0 Å². The number of methoxy groups -OCH3 is 1. The summed E-state index contributed by atoms with van der Waals surface area (Å²) in [5.74, 6) is 2.01. The summed E-state index contributed by atoms with van der Waals surface area (Å²) in [7, 11) is 3.59. The van der Waals surface area contributed by atoms with Crippen LogP contribution in [0.2, 0.25) is 5.02 Å². The second-order valence-electron chi connectivity index (χ2n) is 5.74. The van der Waals surface area contributed by atoms with Crippen LogP contribution in [0.1, 0.15) is 5.56 Å². The van der Waals surface area contributed by atoms with E-state index in [2.05, 4.69) is 20.3 Å². The highest BCUT2D eigenvalue weighted by atomic mass is 35.5. The average molecular weight is 370 g/mol. The molecule has 26 heavy (non-hydrogen) atoms. The molecule has 0 amide bonds. The van der Waals surface area contributed by atoms with Gasteiger partial charge in [-0.25, -0.2) is 4.98 Å². The number of ether oxygens (including phenoxy) is 1. The highest BCUT2D eigenvalue weighted by Crippen LogP contribution is 2.30. The van der Waals surface area contributed by atoms with E-state index < -0.39 is 0 Å². The first-order valence-electron chi connectivity index (χ1n) is 8.19. The van der Waals surface area contributed by atoms with Gasteiger partial charge in [0, 0.05) is 37.2 Å². The number of likely N-dealkylation sites (N-methyl/N-ethyl adjacent to an activating group) is 1. The molecule has 0 bridgehead atoms. The van der Waals surface area contributed by atoms with Gasteiger partial charge < -0.3 is 15.0 Å². The normalized spacial score (nSPS) is 10.4. The van der Waals surface area contributed by atoms with Crippen molar-refractivity contribution in [3.63, 3.8) is 0 Å². The van der Waals surface area contributed by atoms with Crippen molar-refractivity contribution in [1.29, 1.82) is 0 Å². The van der Waals surface area contributed by atoms with Gasteiger partial charge in [0.05, 0.1) is 12.8 Å². The molecule has 6 nitrogen and oxygen atoms in total. The molecule has 2 heterocycles. The largest absolute Gasteiger partial charge is 0.495 e. The number of hydrogen-bond donors (Lipinski definition) is 1. The summed E-state index contributed by atoms with van der Waals surface area (Å²) >= 11 is 6.08. The Morgan fingerprint density at radius 3 is 2.69 bits per heavy atom. The second-order valence-corrected chi connectivity index (χ2v) is 6.17. The molecule has 0 fully saturated rings. The van der Waals surface area contributed by atoms with Crippen molar-refractivity contribution in [3.8, 4) is 5.75 Å². The van der Waals surface area contributed by atoms with E-state index in [9.17, 15) is 0 Å². The van der Waals surface area contributed by atoms with Gasteiger partial charge in [0.15, 0.2) is 0 Å². The Hall–Kier alpha value is -2.86. The maximum Gasteiger partial charge on any atom is 0.227 e. The summed E-state index contributed by atoms with van der Waals surface area (Å²) < 4.78 is 5.36. The Balaban J connectivity index is 1.71. The summed E-state index contributed by atoms with van der Waals surface area (Å²) in [6.45, 7) is 0.800. The van der Waals surface area contributed by atoms with Crippen LogP contribution in [0.25, 0.3) is 0 Å². The maximum atomic E-state index is 6.08. The standard InChI is InChI=1S/C19H20ClN5O/c1-25(12-8-14-5-9-21-10-6-14)19-22-11-7-18(24-19)23-16-13-15(20)3-4-17(16)26-2/h3-7,9-11,13H,8,12H2,1-2H3,(H,22,23,24). The molecule has 0 atom stereocenters. The van der Waals surface area contributed by atoms with Gasteiger partial charge in [0.25, 0.3) is 0 Å². The molecule has 0 aliphatic heterocycles. The average Bonchev–Trinajstić information content (AvgIpc) is 2.67. The highest BCUT2D eigenvalue weighted by Gasteiger charge is 2.09. The molecule has 3 aromatic rings. The molecule has 7 heteroatoms. The molecular weight excluding hydrogens is 350 g/mol. The molecular formula is C19H20ClN5O. The van der Waals surface area contributed by atoms with Gasteiger partial charge in [-0.1, -0.05) is 11.6 Å². The van der Waals surface area contributed by atoms with E-state index in [1.807, 2.05) is 30.1 Å². The Kier molecular flexibility index (Phi) is 5.86. The Morgan fingerprint density at radius 1 is 1.12 bits per heavy atom. The lowest BCUT2D eigenvalue weighted by Crippen LogP contribution is -2.22. The van der Waals surface area contributed by atoms with Crippen molar-refractivity contribution in [1.82, 2.24) is 15.0 Å². The van der Waals surface area contributed by atoms with Crippen molar-refractivity contribution < 1.29 is 4.74 Å². The Morgan fingerprint density at radius 2 is 1.92 bits per heavy atom. The van der Waals surface area contributed by atoms with Crippen LogP contribution in [0.3, 0.4) is 0 Å². The first kappa shape index (κ1) is 17.9. The number of nitrogens with zero attached hydrogens (tertiary/aromatic N) is 4. The van der Waals surface area contributed by atoms with E-state index >= 15 is 0 Å². The van der Waals surface area contributed by atoms with Crippen molar-refractivity contribution in [2.75, 3.05) is 30.9 Å². The number of benzene rings is 1. The number of pyridine rings is 1. The molecule has 0 aliphatic carbocycles. The molecule has 0 unspecified atom stereocenters. The van der Waals surface area contributed by atoms with Crippen molar-refractivity contribution >= 4 is 29.1 Å². The number of nitrogens with one attached hydrogen (secondary N) is 1. The molecule has 0 saturated heterocycles. The molecule has 0 saturated carbocycles. The number of rotatable bonds is 7. The van der Waals surface area contributed by atoms with Crippen LogP contribution in [0.4, 0.5) is 17.5 Å². The van der Waals surface area contributed by atoms with Crippen LogP contribution >= 0.6 is 11.6 Å². The summed E-state index contributed by atoms with van der Waals surface area (Å²) in [6.07, 6.45) is 6.22. The van der Waals surface area contributed by atoms with E-state index in [0.717, 1.165) is 18.7 Å². The quantitative estimate of drug-likeness (QED) is 0.680. The van der Waals surface area contributed by atoms with E-state index in [4.69, 9.17) is 16.3 Å². The number of hydrogen-bond acceptors (Lipinski definition) is 6. The molecule has 1 N–H and O–H groups in total. The fourth-order valence-corrected chi connectivity index (χ4v) is 2.64. The van der Waals surface area contributed by atoms with Crippen molar-refractivity contribution in [2.45, 2.75) is 6.42 Å². The molecule has 2 aromatic heterocycles. The minimum absolute atomic E-state index is 0.622. The monoisotopic (exact) mass is 369 g/mol. The van der Waals surface area contributed by atoms with Gasteiger partial charge in [-0.2, -0.15) is 4.98 Å². The SMILES string of the molecule is COc1ccc(Cl)cc1Nc1ccnc(N(C)CCc2ccncc2)n1. The van der Waals surface area contributed by atoms with E-state index in [1.54, 1.807) is 43.9 Å². The molecule has 0 radical (unpaired) electrons. The van der Waals surface area contributed by atoms with Crippen LogP contribution in [0, 0.1) is 0 Å². The van der Waals surface area contributed by atoms with Crippen LogP contribution in [0.15, 0.2) is 55.0 Å². The second kappa shape index (κ2) is 8.49. The molecule has 3 rings (SSSR count). The Bertz CT molecular complexity index is 860. The zero-order chi connectivity index (χ0) is 18.4. The predicted molar refractivity (Wildman–Crippen MR) is 105 cm³/mol. The predicted octanol–water partition coefficient (Wildman–Crippen LogP) is 3.96. The highest BCUT2D eigenvalue weighted by molar-refractivity contribution is 6.31. The summed E-state index contributed by atoms with van der Waals surface area (Å²) in [5.41, 5.74) is 1.98. The Labute approximate surface area is 157 Å². The third kappa shape index (κ3) is 4.61. The van der Waals surface area contributed by atoms with Gasteiger partial charge in [0.1, 0.15) is 11.6 Å². The number of anilines is 3. The topological polar surface area (TPSA) is 63.2 Å². The summed E-state index contributed by atoms with van der Waals surface area (Å²) in [6, 6.07) is 11.2. The maximum absolute atomic E-state index is 6.08. The zero-order valence-corrected chi connectivity index (χ0v) is 15.4. The third-order valence-corrected chi connectivity index (χ3v) is 4.13. The zero-order valence-electron chi connectivity index (χ0n) is 14.7. The molecule has 134 valence electrons. The van der Waals surface area contributed by atoms with E-state index in [0.29, 0.717) is 22.5 Å². The fourth-order valence-electron chi connectivity index (χ4n) is 2.46. The van der Waals surface area contributed by atoms with Gasteiger partial charge in [-0.15, -0.1) is 0 Å². The minimum atomic E-state index is 0.622. The van der Waals surface area contributed by atoms with Crippen molar-refractivity contribution in [2.24, 2.45) is 0 Å². The van der Waals surface area contributed by atoms with Crippen LogP contribution in [0.5, 0.6) is 5.75 Å². The van der Waals surface area contributed by atoms with E-state index in [-0.39, 0.29) is 0 Å². The molecule has 1 aromatic carbocycles. The van der Waals surface area contributed by atoms with Crippen molar-refractivity contribution in [3.05, 3.63) is 65.6 Å².